The van der Waals surface area contributed by atoms with Crippen molar-refractivity contribution in [1.29, 1.82) is 0 Å². The van der Waals surface area contributed by atoms with Crippen LogP contribution in [0, 0.1) is 0 Å². The molecule has 2 rings (SSSR count). The van der Waals surface area contributed by atoms with Gasteiger partial charge < -0.3 is 11.1 Å². The molecule has 164 valence electrons. The molecule has 0 atom stereocenters. The van der Waals surface area contributed by atoms with Crippen molar-refractivity contribution in [1.82, 2.24) is 5.32 Å². The van der Waals surface area contributed by atoms with Crippen molar-refractivity contribution < 1.29 is 14.4 Å². The second-order valence-electron chi connectivity index (χ2n) is 5.95. The fourth-order valence-electron chi connectivity index (χ4n) is 2.10. The van der Waals surface area contributed by atoms with Crippen LogP contribution in [0.2, 0.25) is 10.0 Å². The number of rotatable bonds is 6. The van der Waals surface area contributed by atoms with E-state index in [1.165, 1.54) is 13.8 Å². The van der Waals surface area contributed by atoms with E-state index in [0.717, 1.165) is 11.1 Å². The number of hydrogen-bond acceptors (Lipinski definition) is 4. The van der Waals surface area contributed by atoms with Gasteiger partial charge in [0, 0.05) is 34.3 Å². The van der Waals surface area contributed by atoms with Gasteiger partial charge in [-0.25, -0.2) is 0 Å². The second kappa shape index (κ2) is 14.2. The molecule has 2 aromatic carbocycles. The van der Waals surface area contributed by atoms with Crippen LogP contribution in [0.4, 0.5) is 0 Å². The Morgan fingerprint density at radius 2 is 1.37 bits per heavy atom. The minimum absolute atomic E-state index is 0. The highest BCUT2D eigenvalue weighted by Gasteiger charge is 2.11. The number of nitrogens with one attached hydrogen (secondary N) is 1. The van der Waals surface area contributed by atoms with E-state index < -0.39 is 3.74 Å². The molecule has 0 fully saturated rings. The monoisotopic (exact) mass is 600 g/mol. The van der Waals surface area contributed by atoms with Crippen molar-refractivity contribution in [2.75, 3.05) is 0 Å². The summed E-state index contributed by atoms with van der Waals surface area (Å²) in [6, 6.07) is 10.2. The first-order valence-corrected chi connectivity index (χ1v) is 11.0. The Morgan fingerprint density at radius 1 is 0.933 bits per heavy atom. The molecule has 0 aliphatic heterocycles. The summed E-state index contributed by atoms with van der Waals surface area (Å²) < 4.78 is -0.426. The van der Waals surface area contributed by atoms with E-state index in [4.69, 9.17) is 28.9 Å². The number of nitrogens with two attached hydrogens (primary N) is 1. The molecule has 0 heterocycles. The van der Waals surface area contributed by atoms with Crippen molar-refractivity contribution in [3.63, 3.8) is 0 Å². The Morgan fingerprint density at radius 3 is 1.70 bits per heavy atom. The van der Waals surface area contributed by atoms with Crippen molar-refractivity contribution >= 4 is 84.9 Å². The van der Waals surface area contributed by atoms with E-state index >= 15 is 0 Å². The molecule has 0 spiro atoms. The third kappa shape index (κ3) is 9.45. The van der Waals surface area contributed by atoms with Crippen LogP contribution in [-0.4, -0.2) is 21.2 Å². The SMILES string of the molecule is CC(=O)c1ccc(CN)c(Cl)c1.CC(=O)c1ccc(CNC(=O)C(Br)Br)c(Cl)c1.Cl. The molecule has 5 nitrogen and oxygen atoms in total. The quantitative estimate of drug-likeness (QED) is 0.328. The Bertz CT molecular complexity index is 909. The van der Waals surface area contributed by atoms with Gasteiger partial charge in [-0.3, -0.25) is 14.4 Å². The lowest BCUT2D eigenvalue weighted by Crippen LogP contribution is -2.27. The first-order valence-electron chi connectivity index (χ1n) is 8.41. The smallest absolute Gasteiger partial charge is 0.244 e. The van der Waals surface area contributed by atoms with Crippen LogP contribution in [0.3, 0.4) is 0 Å². The number of carbonyl (C=O) groups is 3. The highest BCUT2D eigenvalue weighted by atomic mass is 79.9. The summed E-state index contributed by atoms with van der Waals surface area (Å²) in [5.41, 5.74) is 8.22. The zero-order chi connectivity index (χ0) is 22.1. The van der Waals surface area contributed by atoms with E-state index in [-0.39, 0.29) is 29.9 Å². The molecule has 0 unspecified atom stereocenters. The third-order valence-electron chi connectivity index (χ3n) is 3.79. The van der Waals surface area contributed by atoms with E-state index in [1.54, 1.807) is 36.4 Å². The van der Waals surface area contributed by atoms with Gasteiger partial charge in [0.2, 0.25) is 5.91 Å². The first kappa shape index (κ1) is 29.0. The highest BCUT2D eigenvalue weighted by molar-refractivity contribution is 9.25. The Balaban J connectivity index is 0.000000573. The topological polar surface area (TPSA) is 89.3 Å². The molecule has 0 aliphatic carbocycles. The standard InChI is InChI=1S/C11H10Br2ClNO2.C9H10ClNO.ClH/c1-6(16)7-2-3-8(9(14)4-7)5-15-11(17)10(12)13;1-6(12)7-2-3-8(5-11)9(10)4-7;/h2-4,10H,5H2,1H3,(H,15,17);2-4H,5,11H2,1H3;1H. The predicted octanol–water partition coefficient (Wildman–Crippen LogP) is 5.70. The van der Waals surface area contributed by atoms with Crippen molar-refractivity contribution in [2.45, 2.75) is 30.7 Å². The fourth-order valence-corrected chi connectivity index (χ4v) is 2.93. The molecule has 0 saturated carbocycles. The molecule has 0 radical (unpaired) electrons. The Kier molecular flexibility index (Phi) is 13.7. The summed E-state index contributed by atoms with van der Waals surface area (Å²) in [7, 11) is 0. The number of benzene rings is 2. The molecule has 0 bridgehead atoms. The number of ketones is 2. The lowest BCUT2D eigenvalue weighted by Gasteiger charge is -2.08. The normalized spacial score (nSPS) is 9.87. The van der Waals surface area contributed by atoms with Gasteiger partial charge in [0.25, 0.3) is 0 Å². The number of carbonyl (C=O) groups excluding carboxylic acids is 3. The minimum Gasteiger partial charge on any atom is -0.350 e. The van der Waals surface area contributed by atoms with Crippen LogP contribution in [0.25, 0.3) is 0 Å². The second-order valence-corrected chi connectivity index (χ2v) is 9.82. The number of Topliss-reactive ketones (excluding diaryl/α,β-unsaturated/α-hetero) is 2. The fraction of sp³-hybridized carbons (Fsp3) is 0.250. The lowest BCUT2D eigenvalue weighted by atomic mass is 10.1. The maximum absolute atomic E-state index is 11.3. The Labute approximate surface area is 208 Å². The van der Waals surface area contributed by atoms with Gasteiger partial charge in [-0.05, 0) is 37.1 Å². The summed E-state index contributed by atoms with van der Waals surface area (Å²) in [5.74, 6) is -0.208. The van der Waals surface area contributed by atoms with Crippen molar-refractivity contribution in [2.24, 2.45) is 5.73 Å². The van der Waals surface area contributed by atoms with E-state index in [9.17, 15) is 14.4 Å². The molecular weight excluding hydrogens is 582 g/mol. The van der Waals surface area contributed by atoms with Gasteiger partial charge in [-0.15, -0.1) is 12.4 Å². The van der Waals surface area contributed by atoms with Crippen LogP contribution in [0.1, 0.15) is 45.7 Å². The average Bonchev–Trinajstić information content (AvgIpc) is 2.66. The third-order valence-corrected chi connectivity index (χ3v) is 5.33. The maximum Gasteiger partial charge on any atom is 0.244 e. The summed E-state index contributed by atoms with van der Waals surface area (Å²) in [4.78, 5) is 33.3. The average molecular weight is 604 g/mol. The van der Waals surface area contributed by atoms with Gasteiger partial charge in [0.05, 0.1) is 0 Å². The minimum atomic E-state index is -0.426. The number of alkyl halides is 2. The predicted molar refractivity (Wildman–Crippen MR) is 132 cm³/mol. The zero-order valence-corrected chi connectivity index (χ0v) is 21.7. The van der Waals surface area contributed by atoms with Gasteiger partial charge in [-0.2, -0.15) is 0 Å². The molecule has 0 saturated heterocycles. The summed E-state index contributed by atoms with van der Waals surface area (Å²) in [6.45, 7) is 3.71. The summed E-state index contributed by atoms with van der Waals surface area (Å²) in [6.07, 6.45) is 0. The first-order chi connectivity index (χ1) is 13.6. The van der Waals surface area contributed by atoms with Crippen molar-refractivity contribution in [3.8, 4) is 0 Å². The van der Waals surface area contributed by atoms with Gasteiger partial charge in [0.1, 0.15) is 3.74 Å². The molecular formula is C20H21Br2Cl3N2O3. The van der Waals surface area contributed by atoms with Gasteiger partial charge >= 0.3 is 0 Å². The Hall–Kier alpha value is -0.960. The molecule has 10 heteroatoms. The van der Waals surface area contributed by atoms with Gasteiger partial charge in [0.15, 0.2) is 11.6 Å². The van der Waals surface area contributed by atoms with Crippen molar-refractivity contribution in [3.05, 3.63) is 68.7 Å². The van der Waals surface area contributed by atoms with Crippen LogP contribution >= 0.6 is 67.5 Å². The molecule has 2 aromatic rings. The van der Waals surface area contributed by atoms with Gasteiger partial charge in [-0.1, -0.05) is 79.3 Å². The summed E-state index contributed by atoms with van der Waals surface area (Å²) >= 11 is 18.0. The zero-order valence-electron chi connectivity index (χ0n) is 16.2. The molecule has 3 N–H and O–H groups in total. The highest BCUT2D eigenvalue weighted by Crippen LogP contribution is 2.19. The van der Waals surface area contributed by atoms with E-state index in [0.29, 0.717) is 34.3 Å². The molecule has 1 amide bonds. The van der Waals surface area contributed by atoms with Crippen LogP contribution < -0.4 is 11.1 Å². The number of hydrogen-bond donors (Lipinski definition) is 2. The largest absolute Gasteiger partial charge is 0.350 e. The van der Waals surface area contributed by atoms with E-state index in [1.807, 2.05) is 0 Å². The molecule has 0 aliphatic rings. The maximum atomic E-state index is 11.3. The lowest BCUT2D eigenvalue weighted by molar-refractivity contribution is -0.119. The number of amides is 1. The number of halogens is 5. The summed E-state index contributed by atoms with van der Waals surface area (Å²) in [5, 5.41) is 3.72. The van der Waals surface area contributed by atoms with Crippen LogP contribution in [0.15, 0.2) is 36.4 Å². The molecule has 0 aromatic heterocycles. The van der Waals surface area contributed by atoms with Crippen LogP contribution in [0.5, 0.6) is 0 Å². The van der Waals surface area contributed by atoms with E-state index in [2.05, 4.69) is 37.2 Å². The molecule has 30 heavy (non-hydrogen) atoms. The van der Waals surface area contributed by atoms with Crippen LogP contribution in [-0.2, 0) is 17.9 Å².